The number of aliphatic carboxylic acids is 1. The summed E-state index contributed by atoms with van der Waals surface area (Å²) in [5, 5.41) is 8.54. The Hall–Kier alpha value is -0.650. The highest BCUT2D eigenvalue weighted by molar-refractivity contribution is 9.10. The molecule has 0 unspecified atom stereocenters. The monoisotopic (exact) mass is 283 g/mol. The maximum absolute atomic E-state index is 13.2. The Kier molecular flexibility index (Phi) is 5.04. The molecule has 0 aliphatic rings. The molecule has 0 saturated heterocycles. The van der Waals surface area contributed by atoms with E-state index in [4.69, 9.17) is 10.8 Å². The summed E-state index contributed by atoms with van der Waals surface area (Å²) >= 11 is 2.94. The van der Waals surface area contributed by atoms with Crippen LogP contribution in [0.4, 0.5) is 4.39 Å². The second-order valence-electron chi connectivity index (χ2n) is 2.46. The molecule has 0 aliphatic heterocycles. The SMILES string of the molecule is Cl.N[C@@H](C(=O)O)c1cccc(Br)c1F. The van der Waals surface area contributed by atoms with Gasteiger partial charge in [0.15, 0.2) is 0 Å². The first-order valence-corrected chi connectivity index (χ1v) is 4.25. The quantitative estimate of drug-likeness (QED) is 0.874. The van der Waals surface area contributed by atoms with Crippen LogP contribution in [0, 0.1) is 5.82 Å². The summed E-state index contributed by atoms with van der Waals surface area (Å²) in [4.78, 5) is 10.5. The lowest BCUT2D eigenvalue weighted by atomic mass is 10.1. The van der Waals surface area contributed by atoms with Crippen molar-refractivity contribution in [3.63, 3.8) is 0 Å². The van der Waals surface area contributed by atoms with E-state index in [0.29, 0.717) is 0 Å². The topological polar surface area (TPSA) is 63.3 Å². The highest BCUT2D eigenvalue weighted by Gasteiger charge is 2.19. The zero-order valence-electron chi connectivity index (χ0n) is 6.91. The number of rotatable bonds is 2. The molecule has 3 nitrogen and oxygen atoms in total. The van der Waals surface area contributed by atoms with E-state index in [9.17, 15) is 9.18 Å². The molecule has 0 aliphatic carbocycles. The Labute approximate surface area is 94.6 Å². The van der Waals surface area contributed by atoms with E-state index in [1.807, 2.05) is 0 Å². The molecular weight excluding hydrogens is 276 g/mol. The van der Waals surface area contributed by atoms with Crippen LogP contribution < -0.4 is 5.73 Å². The number of carboxylic acids is 1. The highest BCUT2D eigenvalue weighted by Crippen LogP contribution is 2.22. The fourth-order valence-corrected chi connectivity index (χ4v) is 1.28. The summed E-state index contributed by atoms with van der Waals surface area (Å²) in [5.74, 6) is -1.88. The van der Waals surface area contributed by atoms with E-state index in [0.717, 1.165) is 0 Å². The van der Waals surface area contributed by atoms with E-state index < -0.39 is 17.8 Å². The number of halogens is 3. The molecule has 1 aromatic carbocycles. The number of carbonyl (C=O) groups is 1. The van der Waals surface area contributed by atoms with E-state index in [1.165, 1.54) is 18.2 Å². The van der Waals surface area contributed by atoms with Crippen molar-refractivity contribution in [1.82, 2.24) is 0 Å². The molecule has 0 heterocycles. The molecule has 0 bridgehead atoms. The van der Waals surface area contributed by atoms with Crippen LogP contribution in [0.15, 0.2) is 22.7 Å². The molecule has 0 amide bonds. The van der Waals surface area contributed by atoms with Crippen LogP contribution in [-0.2, 0) is 4.79 Å². The van der Waals surface area contributed by atoms with Gasteiger partial charge in [0.1, 0.15) is 11.9 Å². The summed E-state index contributed by atoms with van der Waals surface area (Å²) in [5.41, 5.74) is 5.22. The largest absolute Gasteiger partial charge is 0.480 e. The zero-order valence-corrected chi connectivity index (χ0v) is 9.31. The molecule has 0 radical (unpaired) electrons. The lowest BCUT2D eigenvalue weighted by Crippen LogP contribution is -2.21. The molecule has 1 aromatic rings. The fourth-order valence-electron chi connectivity index (χ4n) is 0.894. The Morgan fingerprint density at radius 3 is 2.64 bits per heavy atom. The molecule has 0 aromatic heterocycles. The van der Waals surface area contributed by atoms with Crippen molar-refractivity contribution in [2.45, 2.75) is 6.04 Å². The maximum atomic E-state index is 13.2. The summed E-state index contributed by atoms with van der Waals surface area (Å²) in [6.45, 7) is 0. The van der Waals surface area contributed by atoms with E-state index in [2.05, 4.69) is 15.9 Å². The van der Waals surface area contributed by atoms with Gasteiger partial charge in [0.2, 0.25) is 0 Å². The van der Waals surface area contributed by atoms with Crippen LogP contribution in [0.1, 0.15) is 11.6 Å². The highest BCUT2D eigenvalue weighted by atomic mass is 79.9. The van der Waals surface area contributed by atoms with Crippen LogP contribution in [0.25, 0.3) is 0 Å². The van der Waals surface area contributed by atoms with E-state index in [-0.39, 0.29) is 22.4 Å². The average Bonchev–Trinajstić information content (AvgIpc) is 2.08. The third kappa shape index (κ3) is 2.67. The Morgan fingerprint density at radius 1 is 1.57 bits per heavy atom. The molecule has 14 heavy (non-hydrogen) atoms. The standard InChI is InChI=1S/C8H7BrFNO2.ClH/c9-5-3-1-2-4(6(5)10)7(11)8(12)13;/h1-3,7H,11H2,(H,12,13);1H/t7-;/m1./s1. The first-order chi connectivity index (χ1) is 6.04. The maximum Gasteiger partial charge on any atom is 0.325 e. The Morgan fingerprint density at radius 2 is 2.14 bits per heavy atom. The van der Waals surface area contributed by atoms with Gasteiger partial charge in [-0.05, 0) is 22.0 Å². The zero-order chi connectivity index (χ0) is 10.0. The third-order valence-electron chi connectivity index (χ3n) is 1.58. The minimum Gasteiger partial charge on any atom is -0.480 e. The van der Waals surface area contributed by atoms with Gasteiger partial charge in [0, 0.05) is 5.56 Å². The predicted molar refractivity (Wildman–Crippen MR) is 55.9 cm³/mol. The van der Waals surface area contributed by atoms with Gasteiger partial charge in [-0.1, -0.05) is 12.1 Å². The number of hydrogen-bond acceptors (Lipinski definition) is 2. The summed E-state index contributed by atoms with van der Waals surface area (Å²) in [7, 11) is 0. The van der Waals surface area contributed by atoms with Gasteiger partial charge >= 0.3 is 5.97 Å². The summed E-state index contributed by atoms with van der Waals surface area (Å²) in [6.07, 6.45) is 0. The average molecular weight is 285 g/mol. The first-order valence-electron chi connectivity index (χ1n) is 3.46. The molecule has 3 N–H and O–H groups in total. The lowest BCUT2D eigenvalue weighted by molar-refractivity contribution is -0.138. The van der Waals surface area contributed by atoms with Crippen LogP contribution in [0.2, 0.25) is 0 Å². The van der Waals surface area contributed by atoms with Crippen LogP contribution in [0.3, 0.4) is 0 Å². The predicted octanol–water partition coefficient (Wildman–Crippen LogP) is 2.09. The van der Waals surface area contributed by atoms with Gasteiger partial charge in [-0.25, -0.2) is 4.39 Å². The van der Waals surface area contributed by atoms with Crippen molar-refractivity contribution in [2.24, 2.45) is 5.73 Å². The van der Waals surface area contributed by atoms with E-state index in [1.54, 1.807) is 0 Å². The molecule has 6 heteroatoms. The molecule has 1 atom stereocenters. The molecule has 78 valence electrons. The van der Waals surface area contributed by atoms with Gasteiger partial charge in [0.25, 0.3) is 0 Å². The second kappa shape index (κ2) is 5.29. The molecule has 0 spiro atoms. The van der Waals surface area contributed by atoms with Crippen LogP contribution >= 0.6 is 28.3 Å². The van der Waals surface area contributed by atoms with Gasteiger partial charge in [0.05, 0.1) is 4.47 Å². The van der Waals surface area contributed by atoms with Crippen molar-refractivity contribution in [1.29, 1.82) is 0 Å². The van der Waals surface area contributed by atoms with E-state index >= 15 is 0 Å². The van der Waals surface area contributed by atoms with Crippen molar-refractivity contribution in [2.75, 3.05) is 0 Å². The van der Waals surface area contributed by atoms with Gasteiger partial charge in [-0.2, -0.15) is 0 Å². The smallest absolute Gasteiger partial charge is 0.325 e. The molecule has 0 saturated carbocycles. The molecule has 1 rings (SSSR count). The second-order valence-corrected chi connectivity index (χ2v) is 3.31. The van der Waals surface area contributed by atoms with Gasteiger partial charge < -0.3 is 10.8 Å². The van der Waals surface area contributed by atoms with Crippen molar-refractivity contribution >= 4 is 34.3 Å². The Bertz CT molecular complexity index is 348. The number of nitrogens with two attached hydrogens (primary N) is 1. The molecular formula is C8H8BrClFNO2. The third-order valence-corrected chi connectivity index (χ3v) is 2.20. The minimum atomic E-state index is -1.32. The van der Waals surface area contributed by atoms with Crippen LogP contribution in [0.5, 0.6) is 0 Å². The minimum absolute atomic E-state index is 0. The molecule has 0 fully saturated rings. The summed E-state index contributed by atoms with van der Waals surface area (Å²) < 4.78 is 13.4. The van der Waals surface area contributed by atoms with Gasteiger partial charge in [-0.3, -0.25) is 4.79 Å². The van der Waals surface area contributed by atoms with Crippen molar-refractivity contribution in [3.8, 4) is 0 Å². The fraction of sp³-hybridized carbons (Fsp3) is 0.125. The first kappa shape index (κ1) is 13.4. The van der Waals surface area contributed by atoms with Crippen molar-refractivity contribution in [3.05, 3.63) is 34.1 Å². The number of hydrogen-bond donors (Lipinski definition) is 2. The Balaban J connectivity index is 0.00000169. The van der Waals surface area contributed by atoms with Crippen molar-refractivity contribution < 1.29 is 14.3 Å². The normalized spacial score (nSPS) is 11.6. The lowest BCUT2D eigenvalue weighted by Gasteiger charge is -2.08. The van der Waals surface area contributed by atoms with Crippen LogP contribution in [-0.4, -0.2) is 11.1 Å². The summed E-state index contributed by atoms with van der Waals surface area (Å²) in [6, 6.07) is 3.04. The number of carboxylic acid groups (broad SMARTS) is 1. The number of benzene rings is 1. The van der Waals surface area contributed by atoms with Gasteiger partial charge in [-0.15, -0.1) is 12.4 Å².